The third-order valence-electron chi connectivity index (χ3n) is 5.49. The number of rotatable bonds is 4. The molecule has 1 saturated heterocycles. The molecule has 1 unspecified atom stereocenters. The molecule has 0 radical (unpaired) electrons. The standard InChI is InChI=1S/C19H24Cl2N4O/c20-16-2-1-3-17(21)15(16)10-18-23-19(12-4-6-13(22)7-5-12)25(24-18)14-8-9-26-11-14/h1-3,12-14H,4-11,22H2. The van der Waals surface area contributed by atoms with E-state index < -0.39 is 0 Å². The minimum absolute atomic E-state index is 0.267. The number of halogens is 2. The molecule has 26 heavy (non-hydrogen) atoms. The quantitative estimate of drug-likeness (QED) is 0.846. The van der Waals surface area contributed by atoms with Crippen molar-refractivity contribution >= 4 is 23.2 Å². The van der Waals surface area contributed by atoms with E-state index in [-0.39, 0.29) is 6.04 Å². The lowest BCUT2D eigenvalue weighted by molar-refractivity contribution is 0.183. The van der Waals surface area contributed by atoms with Gasteiger partial charge in [0, 0.05) is 35.0 Å². The molecule has 4 rings (SSSR count). The van der Waals surface area contributed by atoms with Crippen LogP contribution >= 0.6 is 23.2 Å². The van der Waals surface area contributed by atoms with Gasteiger partial charge in [-0.25, -0.2) is 9.67 Å². The van der Waals surface area contributed by atoms with E-state index in [0.717, 1.165) is 55.9 Å². The zero-order valence-electron chi connectivity index (χ0n) is 14.7. The highest BCUT2D eigenvalue weighted by Gasteiger charge is 2.29. The highest BCUT2D eigenvalue weighted by atomic mass is 35.5. The minimum Gasteiger partial charge on any atom is -0.379 e. The van der Waals surface area contributed by atoms with Crippen LogP contribution in [0.1, 0.15) is 61.3 Å². The molecule has 7 heteroatoms. The molecule has 2 aromatic rings. The Bertz CT molecular complexity index is 745. The second-order valence-corrected chi connectivity index (χ2v) is 8.15. The number of nitrogens with zero attached hydrogens (tertiary/aromatic N) is 3. The lowest BCUT2D eigenvalue weighted by Gasteiger charge is -2.26. The van der Waals surface area contributed by atoms with Gasteiger partial charge in [-0.2, -0.15) is 5.10 Å². The molecule has 5 nitrogen and oxygen atoms in total. The lowest BCUT2D eigenvalue weighted by atomic mass is 9.86. The fraction of sp³-hybridized carbons (Fsp3) is 0.579. The minimum atomic E-state index is 0.267. The zero-order chi connectivity index (χ0) is 18.1. The van der Waals surface area contributed by atoms with Crippen molar-refractivity contribution in [3.05, 3.63) is 45.5 Å². The van der Waals surface area contributed by atoms with Gasteiger partial charge in [-0.1, -0.05) is 29.3 Å². The van der Waals surface area contributed by atoms with Crippen molar-refractivity contribution in [2.45, 2.75) is 56.5 Å². The Balaban J connectivity index is 1.64. The number of hydrogen-bond acceptors (Lipinski definition) is 4. The Kier molecular flexibility index (Phi) is 5.50. The molecule has 140 valence electrons. The first kappa shape index (κ1) is 18.2. The van der Waals surface area contributed by atoms with Crippen LogP contribution in [-0.2, 0) is 11.2 Å². The van der Waals surface area contributed by atoms with Crippen LogP contribution in [0.3, 0.4) is 0 Å². The molecular weight excluding hydrogens is 371 g/mol. The van der Waals surface area contributed by atoms with Gasteiger partial charge in [0.05, 0.1) is 12.6 Å². The van der Waals surface area contributed by atoms with Crippen LogP contribution < -0.4 is 5.73 Å². The van der Waals surface area contributed by atoms with Crippen molar-refractivity contribution in [3.63, 3.8) is 0 Å². The van der Waals surface area contributed by atoms with Gasteiger partial charge in [0.25, 0.3) is 0 Å². The third-order valence-corrected chi connectivity index (χ3v) is 6.19. The fourth-order valence-corrected chi connectivity index (χ4v) is 4.49. The van der Waals surface area contributed by atoms with Gasteiger partial charge >= 0.3 is 0 Å². The number of hydrogen-bond donors (Lipinski definition) is 1. The monoisotopic (exact) mass is 394 g/mol. The predicted molar refractivity (Wildman–Crippen MR) is 103 cm³/mol. The Morgan fingerprint density at radius 1 is 1.12 bits per heavy atom. The summed E-state index contributed by atoms with van der Waals surface area (Å²) in [7, 11) is 0. The average molecular weight is 395 g/mol. The van der Waals surface area contributed by atoms with E-state index in [9.17, 15) is 0 Å². The van der Waals surface area contributed by atoms with E-state index in [2.05, 4.69) is 4.68 Å². The Labute approximate surface area is 163 Å². The largest absolute Gasteiger partial charge is 0.379 e. The van der Waals surface area contributed by atoms with Gasteiger partial charge in [0.15, 0.2) is 5.82 Å². The molecule has 1 atom stereocenters. The number of benzene rings is 1. The van der Waals surface area contributed by atoms with Gasteiger partial charge in [0.2, 0.25) is 0 Å². The zero-order valence-corrected chi connectivity index (χ0v) is 16.2. The van der Waals surface area contributed by atoms with E-state index in [1.807, 2.05) is 18.2 Å². The van der Waals surface area contributed by atoms with E-state index in [0.29, 0.717) is 35.0 Å². The van der Waals surface area contributed by atoms with Crippen molar-refractivity contribution in [3.8, 4) is 0 Å². The van der Waals surface area contributed by atoms with Crippen molar-refractivity contribution in [2.24, 2.45) is 5.73 Å². The molecule has 2 fully saturated rings. The van der Waals surface area contributed by atoms with Gasteiger partial charge in [-0.05, 0) is 49.8 Å². The molecule has 1 aromatic carbocycles. The molecule has 0 spiro atoms. The summed E-state index contributed by atoms with van der Waals surface area (Å²) in [5.74, 6) is 2.26. The topological polar surface area (TPSA) is 66.0 Å². The van der Waals surface area contributed by atoms with Crippen molar-refractivity contribution in [1.29, 1.82) is 0 Å². The molecule has 2 heterocycles. The number of aromatic nitrogens is 3. The SMILES string of the molecule is NC1CCC(c2nc(Cc3c(Cl)cccc3Cl)nn2C2CCOC2)CC1. The lowest BCUT2D eigenvalue weighted by Crippen LogP contribution is -2.27. The van der Waals surface area contributed by atoms with Gasteiger partial charge in [-0.3, -0.25) is 0 Å². The first-order valence-electron chi connectivity index (χ1n) is 9.33. The molecule has 1 aromatic heterocycles. The summed E-state index contributed by atoms with van der Waals surface area (Å²) in [6.45, 7) is 1.49. The van der Waals surface area contributed by atoms with Crippen LogP contribution in [0.25, 0.3) is 0 Å². The Morgan fingerprint density at radius 2 is 1.85 bits per heavy atom. The summed E-state index contributed by atoms with van der Waals surface area (Å²) < 4.78 is 7.69. The maximum absolute atomic E-state index is 6.34. The summed E-state index contributed by atoms with van der Waals surface area (Å²) in [4.78, 5) is 4.92. The van der Waals surface area contributed by atoms with Gasteiger partial charge in [-0.15, -0.1) is 0 Å². The summed E-state index contributed by atoms with van der Waals surface area (Å²) >= 11 is 12.7. The summed E-state index contributed by atoms with van der Waals surface area (Å²) in [6.07, 6.45) is 5.75. The van der Waals surface area contributed by atoms with Crippen molar-refractivity contribution in [2.75, 3.05) is 13.2 Å². The van der Waals surface area contributed by atoms with Crippen LogP contribution in [-0.4, -0.2) is 34.0 Å². The first-order chi connectivity index (χ1) is 12.6. The molecule has 0 bridgehead atoms. The highest BCUT2D eigenvalue weighted by Crippen LogP contribution is 2.34. The summed E-state index contributed by atoms with van der Waals surface area (Å²) in [5, 5.41) is 6.15. The van der Waals surface area contributed by atoms with Gasteiger partial charge < -0.3 is 10.5 Å². The van der Waals surface area contributed by atoms with Crippen molar-refractivity contribution in [1.82, 2.24) is 14.8 Å². The smallest absolute Gasteiger partial charge is 0.155 e. The normalized spacial score (nSPS) is 26.3. The van der Waals surface area contributed by atoms with Crippen LogP contribution in [0, 0.1) is 0 Å². The van der Waals surface area contributed by atoms with Crippen LogP contribution in [0.5, 0.6) is 0 Å². The second kappa shape index (κ2) is 7.85. The maximum atomic E-state index is 6.34. The Morgan fingerprint density at radius 3 is 2.50 bits per heavy atom. The third kappa shape index (κ3) is 3.77. The highest BCUT2D eigenvalue weighted by molar-refractivity contribution is 6.36. The molecule has 2 aliphatic rings. The number of ether oxygens (including phenoxy) is 1. The van der Waals surface area contributed by atoms with Crippen LogP contribution in [0.15, 0.2) is 18.2 Å². The fourth-order valence-electron chi connectivity index (χ4n) is 3.96. The second-order valence-electron chi connectivity index (χ2n) is 7.34. The van der Waals surface area contributed by atoms with Gasteiger partial charge in [0.1, 0.15) is 5.82 Å². The van der Waals surface area contributed by atoms with Crippen LogP contribution in [0.2, 0.25) is 10.0 Å². The van der Waals surface area contributed by atoms with E-state index in [4.69, 9.17) is 43.8 Å². The van der Waals surface area contributed by atoms with Crippen molar-refractivity contribution < 1.29 is 4.74 Å². The van der Waals surface area contributed by atoms with Crippen LogP contribution in [0.4, 0.5) is 0 Å². The average Bonchev–Trinajstić information content (AvgIpc) is 3.28. The predicted octanol–water partition coefficient (Wildman–Crippen LogP) is 4.12. The van der Waals surface area contributed by atoms with E-state index in [1.54, 1.807) is 0 Å². The molecule has 2 N–H and O–H groups in total. The first-order valence-corrected chi connectivity index (χ1v) is 10.1. The van der Waals surface area contributed by atoms with E-state index >= 15 is 0 Å². The molecular formula is C19H24Cl2N4O. The maximum Gasteiger partial charge on any atom is 0.155 e. The van der Waals surface area contributed by atoms with E-state index in [1.165, 1.54) is 0 Å². The molecule has 1 aliphatic heterocycles. The molecule has 1 saturated carbocycles. The summed E-state index contributed by atoms with van der Waals surface area (Å²) in [5.41, 5.74) is 6.97. The number of nitrogens with two attached hydrogens (primary N) is 1. The molecule has 0 amide bonds. The molecule has 1 aliphatic carbocycles. The summed E-state index contributed by atoms with van der Waals surface area (Å²) in [6, 6.07) is 6.15. The Hall–Kier alpha value is -1.14.